The molecule has 1 aliphatic carbocycles. The summed E-state index contributed by atoms with van der Waals surface area (Å²) >= 11 is 0. The maximum Gasteiger partial charge on any atom is 0.258 e. The number of carbonyl (C=O) groups is 2. The topological polar surface area (TPSA) is 125 Å². The zero-order valence-corrected chi connectivity index (χ0v) is 25.4. The van der Waals surface area contributed by atoms with Crippen LogP contribution < -0.4 is 10.0 Å². The molecule has 1 aliphatic heterocycles. The number of sulfonamides is 1. The number of carbonyl (C=O) groups excluding carboxylic acids is 2. The Balaban J connectivity index is 1.18. The highest BCUT2D eigenvalue weighted by Gasteiger charge is 2.24. The summed E-state index contributed by atoms with van der Waals surface area (Å²) in [4.78, 5) is 38.0. The van der Waals surface area contributed by atoms with Crippen molar-refractivity contribution in [3.8, 4) is 11.3 Å². The van der Waals surface area contributed by atoms with E-state index in [2.05, 4.69) is 20.0 Å². The lowest BCUT2D eigenvalue weighted by Gasteiger charge is -2.34. The van der Waals surface area contributed by atoms with E-state index >= 15 is 0 Å². The molecule has 0 bridgehead atoms. The van der Waals surface area contributed by atoms with E-state index in [4.69, 9.17) is 0 Å². The van der Waals surface area contributed by atoms with Crippen molar-refractivity contribution in [1.82, 2.24) is 19.8 Å². The van der Waals surface area contributed by atoms with Crippen molar-refractivity contribution in [3.05, 3.63) is 113 Å². The average molecular weight is 611 g/mol. The fraction of sp³-hybridized carbons (Fsp3) is 0.212. The number of aromatic nitrogens is 2. The lowest BCUT2D eigenvalue weighted by molar-refractivity contribution is -0.127. The van der Waals surface area contributed by atoms with Crippen molar-refractivity contribution >= 4 is 39.2 Å². The number of hydrogen-bond acceptors (Lipinski definition) is 7. The Morgan fingerprint density at radius 3 is 2.23 bits per heavy atom. The van der Waals surface area contributed by atoms with Gasteiger partial charge in [0.25, 0.3) is 15.9 Å². The molecule has 0 radical (unpaired) electrons. The van der Waals surface area contributed by atoms with Gasteiger partial charge in [-0.15, -0.1) is 0 Å². The molecule has 10 nitrogen and oxygen atoms in total. The number of nitrogens with zero attached hydrogens (tertiary/aromatic N) is 4. The first-order valence-electron chi connectivity index (χ1n) is 14.3. The van der Waals surface area contributed by atoms with Crippen LogP contribution in [0.4, 0.5) is 17.3 Å². The van der Waals surface area contributed by atoms with Crippen LogP contribution in [0.3, 0.4) is 0 Å². The Hall–Kier alpha value is -5.03. The monoisotopic (exact) mass is 610 g/mol. The lowest BCUT2D eigenvalue weighted by Crippen LogP contribution is -2.50. The van der Waals surface area contributed by atoms with Gasteiger partial charge >= 0.3 is 0 Å². The fourth-order valence-corrected chi connectivity index (χ4v) is 5.89. The number of anilines is 3. The van der Waals surface area contributed by atoms with Gasteiger partial charge in [0.1, 0.15) is 0 Å². The maximum atomic E-state index is 13.0. The Morgan fingerprint density at radius 1 is 0.841 bits per heavy atom. The molecule has 1 aromatic heterocycles. The van der Waals surface area contributed by atoms with Gasteiger partial charge in [-0.05, 0) is 62.4 Å². The molecule has 2 amide bonds. The summed E-state index contributed by atoms with van der Waals surface area (Å²) < 4.78 is 28.2. The number of nitrogens with one attached hydrogen (secondary N) is 2. The van der Waals surface area contributed by atoms with Gasteiger partial charge in [-0.25, -0.2) is 18.4 Å². The predicted octanol–water partition coefficient (Wildman–Crippen LogP) is 5.28. The van der Waals surface area contributed by atoms with Crippen LogP contribution in [0, 0.1) is 0 Å². The van der Waals surface area contributed by atoms with Crippen LogP contribution in [0.5, 0.6) is 0 Å². The number of allylic oxidation sites excluding steroid dienone is 7. The van der Waals surface area contributed by atoms with Crippen molar-refractivity contribution in [2.75, 3.05) is 36.2 Å². The van der Waals surface area contributed by atoms with Crippen molar-refractivity contribution < 1.29 is 18.0 Å². The molecule has 0 atom stereocenters. The lowest BCUT2D eigenvalue weighted by atomic mass is 10.1. The molecule has 1 saturated heterocycles. The Morgan fingerprint density at radius 2 is 1.52 bits per heavy atom. The van der Waals surface area contributed by atoms with E-state index in [0.717, 1.165) is 16.8 Å². The van der Waals surface area contributed by atoms with E-state index in [1.807, 2.05) is 19.9 Å². The smallest absolute Gasteiger partial charge is 0.258 e. The molecule has 2 aromatic carbocycles. The molecule has 0 unspecified atom stereocenters. The van der Waals surface area contributed by atoms with Gasteiger partial charge in [0.2, 0.25) is 11.9 Å². The molecule has 2 N–H and O–H groups in total. The Kier molecular flexibility index (Phi) is 9.35. The molecule has 226 valence electrons. The van der Waals surface area contributed by atoms with Gasteiger partial charge in [-0.3, -0.25) is 14.3 Å². The van der Waals surface area contributed by atoms with Crippen molar-refractivity contribution in [2.24, 2.45) is 0 Å². The summed E-state index contributed by atoms with van der Waals surface area (Å²) in [6.07, 6.45) is 12.3. The zero-order valence-electron chi connectivity index (χ0n) is 24.6. The van der Waals surface area contributed by atoms with E-state index in [1.165, 1.54) is 0 Å². The average Bonchev–Trinajstić information content (AvgIpc) is 3.32. The molecule has 44 heavy (non-hydrogen) atoms. The summed E-state index contributed by atoms with van der Waals surface area (Å²) in [5, 5.41) is 3.17. The van der Waals surface area contributed by atoms with Gasteiger partial charge in [0.05, 0.1) is 10.6 Å². The SMILES string of the molecule is CC(C)=CC(=O)N1CCN(C(=O)c2ccc(Nc3nccc(-c4ccc(NS(=O)(=O)C5=CC=CC=CC5)cc4)n3)cc2)CC1. The van der Waals surface area contributed by atoms with E-state index in [1.54, 1.807) is 101 Å². The Labute approximate surface area is 257 Å². The molecule has 1 fully saturated rings. The first-order chi connectivity index (χ1) is 21.2. The van der Waals surface area contributed by atoms with Crippen molar-refractivity contribution in [3.63, 3.8) is 0 Å². The third kappa shape index (κ3) is 7.67. The van der Waals surface area contributed by atoms with Gasteiger partial charge in [-0.1, -0.05) is 42.0 Å². The molecular formula is C33H34N6O4S. The largest absolute Gasteiger partial charge is 0.336 e. The minimum Gasteiger partial charge on any atom is -0.336 e. The molecular weight excluding hydrogens is 576 g/mol. The Bertz CT molecular complexity index is 1750. The molecule has 3 aromatic rings. The molecule has 2 heterocycles. The standard InChI is InChI=1S/C33H34N6O4S/c1-24(2)23-31(40)38-19-21-39(22-20-38)32(41)26-11-13-27(14-12-26)35-33-34-18-17-30(36-33)25-9-15-28(16-10-25)37-44(42,43)29-7-5-3-4-6-8-29/h3-7,9-18,23,37H,8,19-22H2,1-2H3,(H,34,35,36). The summed E-state index contributed by atoms with van der Waals surface area (Å²) in [7, 11) is -3.67. The van der Waals surface area contributed by atoms with Crippen molar-refractivity contribution in [2.45, 2.75) is 20.3 Å². The van der Waals surface area contributed by atoms with Crippen LogP contribution in [0.2, 0.25) is 0 Å². The minimum absolute atomic E-state index is 0.0161. The van der Waals surface area contributed by atoms with Crippen LogP contribution in [-0.4, -0.2) is 66.2 Å². The van der Waals surface area contributed by atoms with Crippen LogP contribution in [-0.2, 0) is 14.8 Å². The zero-order chi connectivity index (χ0) is 31.1. The number of piperazine rings is 1. The molecule has 5 rings (SSSR count). The van der Waals surface area contributed by atoms with Crippen LogP contribution in [0.15, 0.2) is 108 Å². The van der Waals surface area contributed by atoms with Gasteiger partial charge in [0.15, 0.2) is 0 Å². The number of benzene rings is 2. The first kappa shape index (κ1) is 30.4. The van der Waals surface area contributed by atoms with E-state index in [0.29, 0.717) is 60.4 Å². The fourth-order valence-electron chi connectivity index (χ4n) is 4.74. The second-order valence-corrected chi connectivity index (χ2v) is 12.4. The highest BCUT2D eigenvalue weighted by molar-refractivity contribution is 7.96. The number of amides is 2. The van der Waals surface area contributed by atoms with E-state index < -0.39 is 10.0 Å². The van der Waals surface area contributed by atoms with Crippen LogP contribution in [0.25, 0.3) is 11.3 Å². The second-order valence-electron chi connectivity index (χ2n) is 10.6. The van der Waals surface area contributed by atoms with Crippen LogP contribution in [0.1, 0.15) is 30.6 Å². The number of rotatable bonds is 8. The number of hydrogen-bond donors (Lipinski definition) is 2. The minimum atomic E-state index is -3.67. The third-order valence-corrected chi connectivity index (χ3v) is 8.57. The van der Waals surface area contributed by atoms with E-state index in [-0.39, 0.29) is 11.8 Å². The summed E-state index contributed by atoms with van der Waals surface area (Å²) in [5.41, 5.74) is 4.14. The highest BCUT2D eigenvalue weighted by Crippen LogP contribution is 2.24. The summed E-state index contributed by atoms with van der Waals surface area (Å²) in [5.74, 6) is 0.289. The third-order valence-electron chi connectivity index (χ3n) is 7.07. The van der Waals surface area contributed by atoms with E-state index in [9.17, 15) is 18.0 Å². The molecule has 11 heteroatoms. The highest BCUT2D eigenvalue weighted by atomic mass is 32.2. The van der Waals surface area contributed by atoms with Gasteiger partial charge < -0.3 is 15.1 Å². The second kappa shape index (κ2) is 13.5. The van der Waals surface area contributed by atoms with Gasteiger partial charge in [-0.2, -0.15) is 0 Å². The summed E-state index contributed by atoms with van der Waals surface area (Å²) in [6.45, 7) is 5.77. The predicted molar refractivity (Wildman–Crippen MR) is 173 cm³/mol. The van der Waals surface area contributed by atoms with Gasteiger partial charge in [0, 0.05) is 67.4 Å². The molecule has 2 aliphatic rings. The molecule has 0 spiro atoms. The van der Waals surface area contributed by atoms with Crippen LogP contribution >= 0.6 is 0 Å². The molecule has 0 saturated carbocycles. The van der Waals surface area contributed by atoms with Crippen molar-refractivity contribution in [1.29, 1.82) is 0 Å². The summed E-state index contributed by atoms with van der Waals surface area (Å²) in [6, 6.07) is 15.9. The maximum absolute atomic E-state index is 13.0. The normalized spacial score (nSPS) is 14.8. The first-order valence-corrected chi connectivity index (χ1v) is 15.8. The quantitative estimate of drug-likeness (QED) is 0.333.